The standard InChI is InChI=1S/C12H21N3/c1-3-15(4-2)11-7-10-14-12-8-5-6-9-13-12/h5-6,8-9H,3-4,7,10-11H2,1-2H3,(H,13,14). The molecule has 0 radical (unpaired) electrons. The van der Waals surface area contributed by atoms with Crippen molar-refractivity contribution >= 4 is 5.82 Å². The van der Waals surface area contributed by atoms with Gasteiger partial charge in [0.05, 0.1) is 0 Å². The summed E-state index contributed by atoms with van der Waals surface area (Å²) in [5.74, 6) is 0.969. The normalized spacial score (nSPS) is 10.6. The number of rotatable bonds is 7. The van der Waals surface area contributed by atoms with Gasteiger partial charge in [0, 0.05) is 12.7 Å². The van der Waals surface area contributed by atoms with Crippen molar-refractivity contribution in [1.82, 2.24) is 9.88 Å². The number of hydrogen-bond acceptors (Lipinski definition) is 3. The van der Waals surface area contributed by atoms with Gasteiger partial charge >= 0.3 is 0 Å². The number of aromatic nitrogens is 1. The van der Waals surface area contributed by atoms with Crippen LogP contribution in [0.3, 0.4) is 0 Å². The van der Waals surface area contributed by atoms with Crippen LogP contribution in [0.1, 0.15) is 20.3 Å². The lowest BCUT2D eigenvalue weighted by atomic mass is 10.3. The average molecular weight is 207 g/mol. The molecule has 1 aromatic heterocycles. The van der Waals surface area contributed by atoms with Crippen LogP contribution in [0.25, 0.3) is 0 Å². The summed E-state index contributed by atoms with van der Waals surface area (Å²) < 4.78 is 0. The van der Waals surface area contributed by atoms with Gasteiger partial charge in [-0.15, -0.1) is 0 Å². The highest BCUT2D eigenvalue weighted by Gasteiger charge is 1.97. The predicted molar refractivity (Wildman–Crippen MR) is 65.1 cm³/mol. The van der Waals surface area contributed by atoms with E-state index in [1.807, 2.05) is 24.4 Å². The van der Waals surface area contributed by atoms with E-state index in [0.717, 1.165) is 38.4 Å². The minimum atomic E-state index is 0.969. The third-order valence-electron chi connectivity index (χ3n) is 2.52. The van der Waals surface area contributed by atoms with Gasteiger partial charge in [-0.1, -0.05) is 19.9 Å². The molecule has 1 N–H and O–H groups in total. The maximum Gasteiger partial charge on any atom is 0.125 e. The highest BCUT2D eigenvalue weighted by molar-refractivity contribution is 5.32. The molecule has 0 aliphatic carbocycles. The molecule has 0 aromatic carbocycles. The van der Waals surface area contributed by atoms with E-state index in [-0.39, 0.29) is 0 Å². The van der Waals surface area contributed by atoms with Crippen LogP contribution in [0.2, 0.25) is 0 Å². The summed E-state index contributed by atoms with van der Waals surface area (Å²) in [6.45, 7) is 8.84. The van der Waals surface area contributed by atoms with Crippen molar-refractivity contribution in [3.8, 4) is 0 Å². The van der Waals surface area contributed by atoms with Gasteiger partial charge in [-0.05, 0) is 38.2 Å². The van der Waals surface area contributed by atoms with E-state index in [1.165, 1.54) is 0 Å². The Morgan fingerprint density at radius 1 is 1.27 bits per heavy atom. The maximum absolute atomic E-state index is 4.21. The number of pyridine rings is 1. The van der Waals surface area contributed by atoms with Crippen LogP contribution in [0.15, 0.2) is 24.4 Å². The summed E-state index contributed by atoms with van der Waals surface area (Å²) >= 11 is 0. The highest BCUT2D eigenvalue weighted by atomic mass is 15.1. The fourth-order valence-electron chi connectivity index (χ4n) is 1.53. The van der Waals surface area contributed by atoms with Gasteiger partial charge in [-0.2, -0.15) is 0 Å². The van der Waals surface area contributed by atoms with E-state index in [1.54, 1.807) is 0 Å². The number of nitrogens with one attached hydrogen (secondary N) is 1. The number of nitrogens with zero attached hydrogens (tertiary/aromatic N) is 2. The van der Waals surface area contributed by atoms with Gasteiger partial charge in [0.2, 0.25) is 0 Å². The van der Waals surface area contributed by atoms with Crippen molar-refractivity contribution in [2.24, 2.45) is 0 Å². The second-order valence-corrected chi connectivity index (χ2v) is 3.52. The summed E-state index contributed by atoms with van der Waals surface area (Å²) in [5.41, 5.74) is 0. The molecule has 0 amide bonds. The maximum atomic E-state index is 4.21. The quantitative estimate of drug-likeness (QED) is 0.695. The molecule has 1 rings (SSSR count). The smallest absolute Gasteiger partial charge is 0.125 e. The van der Waals surface area contributed by atoms with Crippen LogP contribution in [-0.2, 0) is 0 Å². The molecule has 1 aromatic rings. The molecule has 0 spiro atoms. The summed E-state index contributed by atoms with van der Waals surface area (Å²) in [6, 6.07) is 5.93. The van der Waals surface area contributed by atoms with Crippen molar-refractivity contribution in [3.63, 3.8) is 0 Å². The highest BCUT2D eigenvalue weighted by Crippen LogP contribution is 1.99. The molecule has 0 unspecified atom stereocenters. The molecule has 0 bridgehead atoms. The molecular formula is C12H21N3. The van der Waals surface area contributed by atoms with Gasteiger partial charge in [-0.25, -0.2) is 4.98 Å². The molecule has 3 nitrogen and oxygen atoms in total. The average Bonchev–Trinajstić information content (AvgIpc) is 2.31. The van der Waals surface area contributed by atoms with Crippen LogP contribution in [0, 0.1) is 0 Å². The van der Waals surface area contributed by atoms with Crippen molar-refractivity contribution < 1.29 is 0 Å². The predicted octanol–water partition coefficient (Wildman–Crippen LogP) is 2.23. The van der Waals surface area contributed by atoms with E-state index in [4.69, 9.17) is 0 Å². The zero-order chi connectivity index (χ0) is 10.9. The minimum Gasteiger partial charge on any atom is -0.370 e. The van der Waals surface area contributed by atoms with Crippen LogP contribution in [-0.4, -0.2) is 36.1 Å². The second-order valence-electron chi connectivity index (χ2n) is 3.52. The Bertz CT molecular complexity index is 244. The lowest BCUT2D eigenvalue weighted by molar-refractivity contribution is 0.303. The fourth-order valence-corrected chi connectivity index (χ4v) is 1.53. The molecule has 0 saturated heterocycles. The molecule has 3 heteroatoms. The first kappa shape index (κ1) is 12.0. The van der Waals surface area contributed by atoms with Gasteiger partial charge < -0.3 is 10.2 Å². The van der Waals surface area contributed by atoms with E-state index in [2.05, 4.69) is 29.0 Å². The zero-order valence-electron chi connectivity index (χ0n) is 9.74. The van der Waals surface area contributed by atoms with Crippen molar-refractivity contribution in [2.45, 2.75) is 20.3 Å². The Morgan fingerprint density at radius 2 is 2.07 bits per heavy atom. The zero-order valence-corrected chi connectivity index (χ0v) is 9.74. The largest absolute Gasteiger partial charge is 0.370 e. The monoisotopic (exact) mass is 207 g/mol. The van der Waals surface area contributed by atoms with Gasteiger partial charge in [0.1, 0.15) is 5.82 Å². The number of anilines is 1. The summed E-state index contributed by atoms with van der Waals surface area (Å²) in [5, 5.41) is 3.31. The SMILES string of the molecule is CCN(CC)CCCNc1ccccn1. The van der Waals surface area contributed by atoms with Crippen LogP contribution in [0.5, 0.6) is 0 Å². The lowest BCUT2D eigenvalue weighted by Crippen LogP contribution is -2.25. The van der Waals surface area contributed by atoms with E-state index >= 15 is 0 Å². The molecule has 15 heavy (non-hydrogen) atoms. The molecule has 1 heterocycles. The topological polar surface area (TPSA) is 28.2 Å². The van der Waals surface area contributed by atoms with Gasteiger partial charge in [0.15, 0.2) is 0 Å². The number of hydrogen-bond donors (Lipinski definition) is 1. The van der Waals surface area contributed by atoms with Crippen LogP contribution >= 0.6 is 0 Å². The molecule has 0 saturated carbocycles. The van der Waals surface area contributed by atoms with Crippen molar-refractivity contribution in [1.29, 1.82) is 0 Å². The molecule has 0 aliphatic rings. The lowest BCUT2D eigenvalue weighted by Gasteiger charge is -2.17. The third kappa shape index (κ3) is 4.79. The van der Waals surface area contributed by atoms with E-state index < -0.39 is 0 Å². The minimum absolute atomic E-state index is 0.969. The van der Waals surface area contributed by atoms with Crippen LogP contribution < -0.4 is 5.32 Å². The molecular weight excluding hydrogens is 186 g/mol. The molecule has 84 valence electrons. The summed E-state index contributed by atoms with van der Waals surface area (Å²) in [7, 11) is 0. The first-order valence-corrected chi connectivity index (χ1v) is 5.74. The fraction of sp³-hybridized carbons (Fsp3) is 0.583. The summed E-state index contributed by atoms with van der Waals surface area (Å²) in [6.07, 6.45) is 2.98. The Balaban J connectivity index is 2.12. The van der Waals surface area contributed by atoms with Crippen molar-refractivity contribution in [2.75, 3.05) is 31.5 Å². The van der Waals surface area contributed by atoms with Crippen molar-refractivity contribution in [3.05, 3.63) is 24.4 Å². The second kappa shape index (κ2) is 7.23. The summed E-state index contributed by atoms with van der Waals surface area (Å²) in [4.78, 5) is 6.64. The van der Waals surface area contributed by atoms with Gasteiger partial charge in [-0.3, -0.25) is 0 Å². The molecule has 0 aliphatic heterocycles. The first-order valence-electron chi connectivity index (χ1n) is 5.74. The molecule has 0 fully saturated rings. The van der Waals surface area contributed by atoms with E-state index in [9.17, 15) is 0 Å². The third-order valence-corrected chi connectivity index (χ3v) is 2.52. The Hall–Kier alpha value is -1.09. The van der Waals surface area contributed by atoms with Crippen LogP contribution in [0.4, 0.5) is 5.82 Å². The van der Waals surface area contributed by atoms with Gasteiger partial charge in [0.25, 0.3) is 0 Å². The van der Waals surface area contributed by atoms with E-state index in [0.29, 0.717) is 0 Å². The Morgan fingerprint density at radius 3 is 2.67 bits per heavy atom. The molecule has 0 atom stereocenters. The Labute approximate surface area is 92.5 Å². The first-order chi connectivity index (χ1) is 7.36. The Kier molecular flexibility index (Phi) is 5.78.